The molecular weight excluding hydrogens is 319 g/mol. The van der Waals surface area contributed by atoms with Crippen molar-refractivity contribution in [3.05, 3.63) is 65.0 Å². The predicted octanol–water partition coefficient (Wildman–Crippen LogP) is 3.50. The van der Waals surface area contributed by atoms with E-state index in [4.69, 9.17) is 0 Å². The predicted molar refractivity (Wildman–Crippen MR) is 96.8 cm³/mol. The molecule has 0 aliphatic rings. The Hall–Kier alpha value is -2.69. The smallest absolute Gasteiger partial charge is 0.223 e. The van der Waals surface area contributed by atoms with Gasteiger partial charge in [-0.25, -0.2) is 4.39 Å². The van der Waals surface area contributed by atoms with Crippen molar-refractivity contribution in [3.8, 4) is 0 Å². The van der Waals surface area contributed by atoms with Gasteiger partial charge in [-0.05, 0) is 54.8 Å². The minimum atomic E-state index is -0.305. The Morgan fingerprint density at radius 1 is 1.04 bits per heavy atom. The highest BCUT2D eigenvalue weighted by atomic mass is 19.1. The Balaban J connectivity index is 1.91. The molecular formula is C20H23FN2O2. The summed E-state index contributed by atoms with van der Waals surface area (Å²) in [7, 11) is 0. The first-order valence-electron chi connectivity index (χ1n) is 8.23. The van der Waals surface area contributed by atoms with Crippen LogP contribution in [0.4, 0.5) is 10.1 Å². The third-order valence-electron chi connectivity index (χ3n) is 4.15. The van der Waals surface area contributed by atoms with E-state index in [9.17, 15) is 14.0 Å². The zero-order chi connectivity index (χ0) is 18.4. The minimum absolute atomic E-state index is 0.102. The van der Waals surface area contributed by atoms with E-state index in [0.717, 1.165) is 22.4 Å². The molecule has 2 amide bonds. The summed E-state index contributed by atoms with van der Waals surface area (Å²) in [4.78, 5) is 25.6. The van der Waals surface area contributed by atoms with Gasteiger partial charge in [0.05, 0.1) is 0 Å². The maximum atomic E-state index is 12.9. The summed E-state index contributed by atoms with van der Waals surface area (Å²) in [5.41, 5.74) is 3.88. The van der Waals surface area contributed by atoms with E-state index in [-0.39, 0.29) is 24.1 Å². The molecule has 0 bridgehead atoms. The van der Waals surface area contributed by atoms with Gasteiger partial charge in [0, 0.05) is 32.1 Å². The summed E-state index contributed by atoms with van der Waals surface area (Å²) in [5, 5.41) is 2.79. The van der Waals surface area contributed by atoms with E-state index in [2.05, 4.69) is 5.32 Å². The molecule has 0 saturated heterocycles. The van der Waals surface area contributed by atoms with E-state index >= 15 is 0 Å². The molecule has 1 N–H and O–H groups in total. The normalized spacial score (nSPS) is 10.4. The molecule has 0 atom stereocenters. The summed E-state index contributed by atoms with van der Waals surface area (Å²) < 4.78 is 12.9. The molecule has 25 heavy (non-hydrogen) atoms. The number of carbonyl (C=O) groups excluding carboxylic acids is 2. The van der Waals surface area contributed by atoms with E-state index in [1.165, 1.54) is 19.1 Å². The largest absolute Gasteiger partial charge is 0.352 e. The van der Waals surface area contributed by atoms with Gasteiger partial charge in [0.25, 0.3) is 0 Å². The Kier molecular flexibility index (Phi) is 6.28. The van der Waals surface area contributed by atoms with Crippen LogP contribution in [0.2, 0.25) is 0 Å². The second-order valence-electron chi connectivity index (χ2n) is 6.09. The van der Waals surface area contributed by atoms with Crippen LogP contribution in [0.1, 0.15) is 30.0 Å². The Bertz CT molecular complexity index is 757. The minimum Gasteiger partial charge on any atom is -0.352 e. The fourth-order valence-electron chi connectivity index (χ4n) is 2.47. The molecule has 0 aliphatic heterocycles. The van der Waals surface area contributed by atoms with Crippen LogP contribution in [0.5, 0.6) is 0 Å². The third kappa shape index (κ3) is 5.41. The number of hydrogen-bond donors (Lipinski definition) is 1. The topological polar surface area (TPSA) is 49.4 Å². The molecule has 0 fully saturated rings. The Morgan fingerprint density at radius 3 is 2.32 bits per heavy atom. The molecule has 0 unspecified atom stereocenters. The number of benzene rings is 2. The number of hydrogen-bond acceptors (Lipinski definition) is 2. The highest BCUT2D eigenvalue weighted by Crippen LogP contribution is 2.19. The van der Waals surface area contributed by atoms with Crippen LogP contribution in [0.25, 0.3) is 0 Å². The van der Waals surface area contributed by atoms with Crippen LogP contribution in [0.15, 0.2) is 42.5 Å². The van der Waals surface area contributed by atoms with E-state index in [1.54, 1.807) is 17.0 Å². The van der Waals surface area contributed by atoms with Gasteiger partial charge >= 0.3 is 0 Å². The highest BCUT2D eigenvalue weighted by molar-refractivity contribution is 5.92. The molecule has 5 heteroatoms. The van der Waals surface area contributed by atoms with Crippen molar-refractivity contribution >= 4 is 17.5 Å². The molecule has 132 valence electrons. The number of aryl methyl sites for hydroxylation is 2. The quantitative estimate of drug-likeness (QED) is 0.873. The molecule has 2 rings (SSSR count). The summed E-state index contributed by atoms with van der Waals surface area (Å²) in [6.45, 7) is 6.15. The molecule has 0 radical (unpaired) electrons. The van der Waals surface area contributed by atoms with Crippen LogP contribution in [-0.2, 0) is 16.1 Å². The summed E-state index contributed by atoms with van der Waals surface area (Å²) in [5.74, 6) is -0.561. The van der Waals surface area contributed by atoms with Crippen molar-refractivity contribution in [2.45, 2.75) is 33.7 Å². The number of nitrogens with one attached hydrogen (secondary N) is 1. The highest BCUT2D eigenvalue weighted by Gasteiger charge is 2.14. The first-order chi connectivity index (χ1) is 11.9. The van der Waals surface area contributed by atoms with Gasteiger partial charge in [0.1, 0.15) is 5.82 Å². The average molecular weight is 342 g/mol. The van der Waals surface area contributed by atoms with Gasteiger partial charge in [-0.3, -0.25) is 9.59 Å². The number of nitrogens with zero attached hydrogens (tertiary/aromatic N) is 1. The van der Waals surface area contributed by atoms with Gasteiger partial charge in [0.15, 0.2) is 0 Å². The first kappa shape index (κ1) is 18.6. The van der Waals surface area contributed by atoms with Crippen LogP contribution < -0.4 is 10.2 Å². The average Bonchev–Trinajstić information content (AvgIpc) is 2.57. The van der Waals surface area contributed by atoms with Gasteiger partial charge in [-0.2, -0.15) is 0 Å². The molecule has 2 aromatic carbocycles. The molecule has 0 heterocycles. The molecule has 0 saturated carbocycles. The maximum absolute atomic E-state index is 12.9. The molecule has 0 aromatic heterocycles. The van der Waals surface area contributed by atoms with Crippen molar-refractivity contribution in [3.63, 3.8) is 0 Å². The lowest BCUT2D eigenvalue weighted by atomic mass is 10.1. The molecule has 4 nitrogen and oxygen atoms in total. The molecule has 0 spiro atoms. The van der Waals surface area contributed by atoms with E-state index < -0.39 is 0 Å². The number of carbonyl (C=O) groups is 2. The van der Waals surface area contributed by atoms with Gasteiger partial charge in [-0.1, -0.05) is 18.2 Å². The third-order valence-corrected chi connectivity index (χ3v) is 4.15. The zero-order valence-corrected chi connectivity index (χ0v) is 14.8. The Labute approximate surface area is 147 Å². The number of rotatable bonds is 6. The monoisotopic (exact) mass is 342 g/mol. The van der Waals surface area contributed by atoms with Crippen molar-refractivity contribution in [2.75, 3.05) is 11.4 Å². The fraction of sp³-hybridized carbons (Fsp3) is 0.300. The zero-order valence-electron chi connectivity index (χ0n) is 14.8. The lowest BCUT2D eigenvalue weighted by molar-refractivity contribution is -0.121. The fourth-order valence-corrected chi connectivity index (χ4v) is 2.47. The van der Waals surface area contributed by atoms with Crippen LogP contribution >= 0.6 is 0 Å². The van der Waals surface area contributed by atoms with E-state index in [0.29, 0.717) is 13.1 Å². The first-order valence-corrected chi connectivity index (χ1v) is 8.23. The van der Waals surface area contributed by atoms with E-state index in [1.807, 2.05) is 32.0 Å². The number of amides is 2. The second-order valence-corrected chi connectivity index (χ2v) is 6.09. The van der Waals surface area contributed by atoms with Gasteiger partial charge in [-0.15, -0.1) is 0 Å². The van der Waals surface area contributed by atoms with Gasteiger partial charge in [0.2, 0.25) is 11.8 Å². The lowest BCUT2D eigenvalue weighted by Crippen LogP contribution is -2.33. The van der Waals surface area contributed by atoms with Crippen molar-refractivity contribution < 1.29 is 14.0 Å². The lowest BCUT2D eigenvalue weighted by Gasteiger charge is -2.22. The summed E-state index contributed by atoms with van der Waals surface area (Å²) in [6, 6.07) is 11.8. The molecule has 0 aliphatic carbocycles. The number of anilines is 1. The standard InChI is InChI=1S/C20H23FN2O2/c1-14-4-9-19(12-15(14)2)23(16(3)24)11-10-20(25)22-13-17-5-7-18(21)8-6-17/h4-9,12H,10-11,13H2,1-3H3,(H,22,25). The number of halogens is 1. The molecule has 2 aromatic rings. The summed E-state index contributed by atoms with van der Waals surface area (Å²) in [6.07, 6.45) is 0.202. The van der Waals surface area contributed by atoms with Crippen molar-refractivity contribution in [1.82, 2.24) is 5.32 Å². The van der Waals surface area contributed by atoms with Crippen LogP contribution in [0, 0.1) is 19.7 Å². The SMILES string of the molecule is CC(=O)N(CCC(=O)NCc1ccc(F)cc1)c1ccc(C)c(C)c1. The van der Waals surface area contributed by atoms with Gasteiger partial charge < -0.3 is 10.2 Å². The van der Waals surface area contributed by atoms with Crippen molar-refractivity contribution in [2.24, 2.45) is 0 Å². The van der Waals surface area contributed by atoms with Crippen LogP contribution in [-0.4, -0.2) is 18.4 Å². The second kappa shape index (κ2) is 8.42. The van der Waals surface area contributed by atoms with Crippen LogP contribution in [0.3, 0.4) is 0 Å². The summed E-state index contributed by atoms with van der Waals surface area (Å²) >= 11 is 0. The van der Waals surface area contributed by atoms with Crippen molar-refractivity contribution in [1.29, 1.82) is 0 Å². The Morgan fingerprint density at radius 2 is 1.72 bits per heavy atom. The maximum Gasteiger partial charge on any atom is 0.223 e.